The van der Waals surface area contributed by atoms with Gasteiger partial charge in [0.1, 0.15) is 22.9 Å². The molecule has 8 nitrogen and oxygen atoms in total. The third-order valence-electron chi connectivity index (χ3n) is 5.79. The number of aromatic nitrogens is 1. The first kappa shape index (κ1) is 26.1. The number of ether oxygens (including phenoxy) is 1. The fourth-order valence-corrected chi connectivity index (χ4v) is 5.71. The normalized spacial score (nSPS) is 21.9. The van der Waals surface area contributed by atoms with E-state index in [9.17, 15) is 18.6 Å². The lowest BCUT2D eigenvalue weighted by atomic mass is 10.0. The molecule has 9 heteroatoms. The van der Waals surface area contributed by atoms with Crippen molar-refractivity contribution in [1.29, 1.82) is 0 Å². The summed E-state index contributed by atoms with van der Waals surface area (Å²) in [5, 5.41) is 19.3. The van der Waals surface area contributed by atoms with Crippen LogP contribution in [0.3, 0.4) is 0 Å². The Morgan fingerprint density at radius 3 is 2.62 bits per heavy atom. The van der Waals surface area contributed by atoms with E-state index in [0.29, 0.717) is 18.7 Å². The Balaban J connectivity index is 1.99. The average Bonchev–Trinajstić information content (AvgIpc) is 2.80. The van der Waals surface area contributed by atoms with E-state index in [0.717, 1.165) is 5.56 Å². The summed E-state index contributed by atoms with van der Waals surface area (Å²) in [7, 11) is -1.91. The zero-order valence-electron chi connectivity index (χ0n) is 20.0. The van der Waals surface area contributed by atoms with Gasteiger partial charge in [0.2, 0.25) is 10.0 Å². The number of fused-ring (bicyclic) bond motifs is 1. The van der Waals surface area contributed by atoms with Gasteiger partial charge in [-0.1, -0.05) is 18.8 Å². The summed E-state index contributed by atoms with van der Waals surface area (Å²) in [4.78, 5) is 6.23. The van der Waals surface area contributed by atoms with E-state index in [1.54, 1.807) is 38.4 Å². The number of nitrogens with zero attached hydrogens (tertiary/aromatic N) is 3. The van der Waals surface area contributed by atoms with E-state index >= 15 is 0 Å². The lowest BCUT2D eigenvalue weighted by Gasteiger charge is -2.37. The van der Waals surface area contributed by atoms with Gasteiger partial charge in [0.15, 0.2) is 0 Å². The highest BCUT2D eigenvalue weighted by Crippen LogP contribution is 2.34. The van der Waals surface area contributed by atoms with Crippen LogP contribution in [0.4, 0.5) is 0 Å². The molecule has 1 aliphatic rings. The van der Waals surface area contributed by atoms with Crippen molar-refractivity contribution in [2.45, 2.75) is 50.5 Å². The van der Waals surface area contributed by atoms with Crippen molar-refractivity contribution in [2.24, 2.45) is 5.92 Å². The van der Waals surface area contributed by atoms with Crippen LogP contribution in [0.25, 0.3) is 0 Å². The van der Waals surface area contributed by atoms with E-state index in [-0.39, 0.29) is 35.8 Å². The number of hydrogen-bond donors (Lipinski definition) is 2. The standard InChI is InChI=1S/C25H33N3O5S/c1-18-14-28(19(2)17-29)34(31,32)25-8-7-21(6-5-20(3)30)13-23(25)33-24(18)16-27(4)15-22-9-11-26-12-10-22/h7-13,18-20,24,29-30H,14-17H2,1-4H3/t18-,19+,20-,24+/m1/s1. The highest BCUT2D eigenvalue weighted by atomic mass is 32.2. The van der Waals surface area contributed by atoms with Crippen LogP contribution in [0.1, 0.15) is 31.9 Å². The lowest BCUT2D eigenvalue weighted by Crippen LogP contribution is -2.49. The molecule has 184 valence electrons. The number of rotatable bonds is 6. The molecule has 0 radical (unpaired) electrons. The van der Waals surface area contributed by atoms with Crippen LogP contribution >= 0.6 is 0 Å². The van der Waals surface area contributed by atoms with Gasteiger partial charge >= 0.3 is 0 Å². The zero-order chi connectivity index (χ0) is 24.9. The Kier molecular flexibility index (Phi) is 8.68. The van der Waals surface area contributed by atoms with Gasteiger partial charge in [-0.3, -0.25) is 9.88 Å². The number of likely N-dealkylation sites (N-methyl/N-ethyl adjacent to an activating group) is 1. The van der Waals surface area contributed by atoms with Gasteiger partial charge in [-0.25, -0.2) is 8.42 Å². The SMILES string of the molecule is C[C@@H]1CN([C@@H](C)CO)S(=O)(=O)c2ccc(C#C[C@@H](C)O)cc2O[C@H]1CN(C)Cc1ccncc1. The van der Waals surface area contributed by atoms with Gasteiger partial charge in [0, 0.05) is 49.6 Å². The van der Waals surface area contributed by atoms with Gasteiger partial charge in [-0.05, 0) is 56.8 Å². The third kappa shape index (κ3) is 6.34. The summed E-state index contributed by atoms with van der Waals surface area (Å²) in [6.45, 7) is 6.41. The average molecular weight is 488 g/mol. The number of aliphatic hydroxyl groups excluding tert-OH is 2. The highest BCUT2D eigenvalue weighted by Gasteiger charge is 2.38. The minimum Gasteiger partial charge on any atom is -0.487 e. The summed E-state index contributed by atoms with van der Waals surface area (Å²) in [6, 6.07) is 8.03. The second kappa shape index (κ2) is 11.3. The van der Waals surface area contributed by atoms with E-state index in [1.807, 2.05) is 26.1 Å². The van der Waals surface area contributed by atoms with Crippen molar-refractivity contribution >= 4 is 10.0 Å². The molecule has 0 saturated heterocycles. The Morgan fingerprint density at radius 1 is 1.26 bits per heavy atom. The Hall–Kier alpha value is -2.48. The molecule has 1 aromatic carbocycles. The van der Waals surface area contributed by atoms with Gasteiger partial charge < -0.3 is 14.9 Å². The molecule has 0 aliphatic carbocycles. The summed E-state index contributed by atoms with van der Waals surface area (Å²) >= 11 is 0. The summed E-state index contributed by atoms with van der Waals surface area (Å²) in [5.41, 5.74) is 1.67. The van der Waals surface area contributed by atoms with E-state index in [1.165, 1.54) is 10.4 Å². The van der Waals surface area contributed by atoms with Crippen LogP contribution < -0.4 is 4.74 Å². The van der Waals surface area contributed by atoms with E-state index in [4.69, 9.17) is 4.74 Å². The van der Waals surface area contributed by atoms with Crippen molar-refractivity contribution in [3.63, 3.8) is 0 Å². The quantitative estimate of drug-likeness (QED) is 0.598. The number of hydrogen-bond acceptors (Lipinski definition) is 7. The first-order chi connectivity index (χ1) is 16.1. The molecule has 0 bridgehead atoms. The molecule has 2 N–H and O–H groups in total. The number of benzene rings is 1. The molecule has 1 aliphatic heterocycles. The molecule has 2 heterocycles. The van der Waals surface area contributed by atoms with Crippen LogP contribution in [0.5, 0.6) is 5.75 Å². The largest absolute Gasteiger partial charge is 0.487 e. The molecule has 0 spiro atoms. The first-order valence-electron chi connectivity index (χ1n) is 11.3. The monoisotopic (exact) mass is 487 g/mol. The summed E-state index contributed by atoms with van der Waals surface area (Å²) in [6.07, 6.45) is 2.39. The Labute approximate surface area is 202 Å². The van der Waals surface area contributed by atoms with Gasteiger partial charge in [0.25, 0.3) is 0 Å². The molecule has 4 atom stereocenters. The minimum atomic E-state index is -3.91. The highest BCUT2D eigenvalue weighted by molar-refractivity contribution is 7.89. The predicted molar refractivity (Wildman–Crippen MR) is 130 cm³/mol. The van der Waals surface area contributed by atoms with Crippen molar-refractivity contribution in [2.75, 3.05) is 26.7 Å². The minimum absolute atomic E-state index is 0.0454. The van der Waals surface area contributed by atoms with Gasteiger partial charge in [0.05, 0.1) is 6.61 Å². The molecule has 3 rings (SSSR count). The summed E-state index contributed by atoms with van der Waals surface area (Å²) < 4.78 is 34.7. The molecule has 0 amide bonds. The predicted octanol–water partition coefficient (Wildman–Crippen LogP) is 1.71. The third-order valence-corrected chi connectivity index (χ3v) is 7.81. The zero-order valence-corrected chi connectivity index (χ0v) is 20.9. The lowest BCUT2D eigenvalue weighted by molar-refractivity contribution is 0.0733. The van der Waals surface area contributed by atoms with Gasteiger partial charge in [-0.2, -0.15) is 4.31 Å². The van der Waals surface area contributed by atoms with E-state index in [2.05, 4.69) is 21.7 Å². The molecule has 0 unspecified atom stereocenters. The maximum absolute atomic E-state index is 13.5. The number of pyridine rings is 1. The molecule has 1 aromatic heterocycles. The van der Waals surface area contributed by atoms with E-state index < -0.39 is 22.2 Å². The van der Waals surface area contributed by atoms with Crippen LogP contribution in [-0.4, -0.2) is 77.8 Å². The fraction of sp³-hybridized carbons (Fsp3) is 0.480. The fourth-order valence-electron chi connectivity index (χ4n) is 3.88. The van der Waals surface area contributed by atoms with Crippen molar-refractivity contribution in [1.82, 2.24) is 14.2 Å². The van der Waals surface area contributed by atoms with Crippen molar-refractivity contribution in [3.05, 3.63) is 53.9 Å². The molecule has 0 saturated carbocycles. The molecular weight excluding hydrogens is 454 g/mol. The van der Waals surface area contributed by atoms with Crippen LogP contribution in [0.15, 0.2) is 47.6 Å². The number of aliphatic hydroxyl groups is 2. The second-order valence-corrected chi connectivity index (χ2v) is 10.8. The molecule has 2 aromatic rings. The molecule has 0 fully saturated rings. The smallest absolute Gasteiger partial charge is 0.247 e. The van der Waals surface area contributed by atoms with Gasteiger partial charge in [-0.15, -0.1) is 0 Å². The number of sulfonamides is 1. The second-order valence-electron chi connectivity index (χ2n) is 8.90. The van der Waals surface area contributed by atoms with Crippen molar-refractivity contribution in [3.8, 4) is 17.6 Å². The van der Waals surface area contributed by atoms with Crippen LogP contribution in [-0.2, 0) is 16.6 Å². The molecule has 34 heavy (non-hydrogen) atoms. The Morgan fingerprint density at radius 2 is 1.97 bits per heavy atom. The summed E-state index contributed by atoms with van der Waals surface area (Å²) in [5.74, 6) is 5.61. The van der Waals surface area contributed by atoms with Crippen LogP contribution in [0, 0.1) is 17.8 Å². The molecular formula is C25H33N3O5S. The maximum atomic E-state index is 13.5. The first-order valence-corrected chi connectivity index (χ1v) is 12.8. The Bertz CT molecular complexity index is 1130. The maximum Gasteiger partial charge on any atom is 0.247 e. The van der Waals surface area contributed by atoms with Crippen LogP contribution in [0.2, 0.25) is 0 Å². The topological polar surface area (TPSA) is 103 Å². The van der Waals surface area contributed by atoms with Crippen molar-refractivity contribution < 1.29 is 23.4 Å².